The number of halogens is 1. The van der Waals surface area contributed by atoms with Gasteiger partial charge < -0.3 is 10.5 Å². The highest BCUT2D eigenvalue weighted by Crippen LogP contribution is 2.21. The van der Waals surface area contributed by atoms with Crippen LogP contribution in [0, 0.1) is 0 Å². The highest BCUT2D eigenvalue weighted by Gasteiger charge is 2.12. The molecule has 7 nitrogen and oxygen atoms in total. The molecular weight excluding hydrogens is 428 g/mol. The lowest BCUT2D eigenvalue weighted by atomic mass is 10.0. The average Bonchev–Trinajstić information content (AvgIpc) is 2.70. The maximum absolute atomic E-state index is 12.1. The van der Waals surface area contributed by atoms with E-state index in [-0.39, 0.29) is 16.8 Å². The molecule has 2 aromatic carbocycles. The van der Waals surface area contributed by atoms with E-state index in [9.17, 15) is 13.2 Å². The quantitative estimate of drug-likeness (QED) is 0.339. The molecule has 0 saturated heterocycles. The maximum atomic E-state index is 12.1. The van der Waals surface area contributed by atoms with Crippen LogP contribution in [-0.2, 0) is 10.1 Å². The molecule has 0 bridgehead atoms. The van der Waals surface area contributed by atoms with Crippen LogP contribution in [0.25, 0.3) is 0 Å². The minimum atomic E-state index is -4.17. The van der Waals surface area contributed by atoms with E-state index in [4.69, 9.17) is 26.6 Å². The van der Waals surface area contributed by atoms with E-state index >= 15 is 0 Å². The standard InChI is InChI=1S/C13H10ClNO.C8H11NO4S/c14-10-6-7-12(15)11(8-10)13(16)9-4-2-1-3-5-9;1-6(2)13-8-4-3-7(5-9-8)14(10,11)12/h1-8H,15H2;3-6H,1-2H3,(H,10,11,12). The number of rotatable bonds is 5. The van der Waals surface area contributed by atoms with Crippen molar-refractivity contribution < 1.29 is 22.5 Å². The SMILES string of the molecule is CC(C)Oc1ccc(S(=O)(=O)O)cn1.Nc1ccc(Cl)cc1C(=O)c1ccccc1. The first-order chi connectivity index (χ1) is 14.1. The summed E-state index contributed by atoms with van der Waals surface area (Å²) in [6.07, 6.45) is 1.02. The van der Waals surface area contributed by atoms with E-state index in [1.165, 1.54) is 12.1 Å². The second-order valence-corrected chi connectivity index (χ2v) is 8.26. The average molecular weight is 449 g/mol. The van der Waals surface area contributed by atoms with Crippen molar-refractivity contribution in [2.75, 3.05) is 5.73 Å². The number of nitrogen functional groups attached to an aromatic ring is 1. The summed E-state index contributed by atoms with van der Waals surface area (Å²) < 4.78 is 35.1. The maximum Gasteiger partial charge on any atom is 0.296 e. The Morgan fingerprint density at radius 1 is 1.10 bits per heavy atom. The van der Waals surface area contributed by atoms with Gasteiger partial charge in [0.1, 0.15) is 4.90 Å². The molecule has 0 unspecified atom stereocenters. The Bertz CT molecular complexity index is 1100. The fourth-order valence-corrected chi connectivity index (χ4v) is 2.90. The second-order valence-electron chi connectivity index (χ2n) is 6.40. The molecule has 158 valence electrons. The van der Waals surface area contributed by atoms with Gasteiger partial charge in [-0.05, 0) is 38.1 Å². The van der Waals surface area contributed by atoms with Crippen LogP contribution in [0.1, 0.15) is 29.8 Å². The van der Waals surface area contributed by atoms with E-state index in [1.807, 2.05) is 32.0 Å². The Morgan fingerprint density at radius 2 is 1.77 bits per heavy atom. The van der Waals surface area contributed by atoms with Crippen molar-refractivity contribution >= 4 is 33.2 Å². The van der Waals surface area contributed by atoms with Crippen LogP contribution in [-0.4, -0.2) is 29.8 Å². The van der Waals surface area contributed by atoms with Crippen LogP contribution in [0.3, 0.4) is 0 Å². The Kier molecular flexibility index (Phi) is 7.93. The molecule has 0 aliphatic heterocycles. The van der Waals surface area contributed by atoms with Gasteiger partial charge in [0.15, 0.2) is 5.78 Å². The van der Waals surface area contributed by atoms with Crippen molar-refractivity contribution in [2.45, 2.75) is 24.8 Å². The predicted molar refractivity (Wildman–Crippen MR) is 116 cm³/mol. The number of nitrogens with zero attached hydrogens (tertiary/aromatic N) is 1. The normalized spacial score (nSPS) is 10.8. The number of hydrogen-bond acceptors (Lipinski definition) is 6. The fraction of sp³-hybridized carbons (Fsp3) is 0.143. The van der Waals surface area contributed by atoms with Crippen LogP contribution >= 0.6 is 11.6 Å². The lowest BCUT2D eigenvalue weighted by Crippen LogP contribution is -2.07. The Morgan fingerprint density at radius 3 is 2.30 bits per heavy atom. The van der Waals surface area contributed by atoms with Crippen LogP contribution < -0.4 is 10.5 Å². The lowest BCUT2D eigenvalue weighted by Gasteiger charge is -2.07. The number of ketones is 1. The summed E-state index contributed by atoms with van der Waals surface area (Å²) in [5, 5.41) is 0.508. The van der Waals surface area contributed by atoms with E-state index in [1.54, 1.807) is 30.3 Å². The molecular formula is C21H21ClN2O5S. The van der Waals surface area contributed by atoms with Gasteiger partial charge in [-0.2, -0.15) is 8.42 Å². The van der Waals surface area contributed by atoms with Crippen molar-refractivity contribution in [1.82, 2.24) is 4.98 Å². The molecule has 0 spiro atoms. The molecule has 0 fully saturated rings. The lowest BCUT2D eigenvalue weighted by molar-refractivity contribution is 0.103. The number of carbonyl (C=O) groups excluding carboxylic acids is 1. The van der Waals surface area contributed by atoms with Crippen molar-refractivity contribution in [3.8, 4) is 5.88 Å². The zero-order valence-corrected chi connectivity index (χ0v) is 17.9. The van der Waals surface area contributed by atoms with Crippen molar-refractivity contribution in [3.63, 3.8) is 0 Å². The summed E-state index contributed by atoms with van der Waals surface area (Å²) in [5.74, 6) is 0.216. The van der Waals surface area contributed by atoms with Gasteiger partial charge in [0.2, 0.25) is 5.88 Å². The summed E-state index contributed by atoms with van der Waals surface area (Å²) in [4.78, 5) is 15.6. The monoisotopic (exact) mass is 448 g/mol. The largest absolute Gasteiger partial charge is 0.475 e. The van der Waals surface area contributed by atoms with E-state index < -0.39 is 10.1 Å². The number of hydrogen-bond donors (Lipinski definition) is 2. The van der Waals surface area contributed by atoms with Crippen LogP contribution in [0.4, 0.5) is 5.69 Å². The van der Waals surface area contributed by atoms with E-state index in [0.717, 1.165) is 6.20 Å². The zero-order chi connectivity index (χ0) is 22.3. The van der Waals surface area contributed by atoms with Gasteiger partial charge in [-0.1, -0.05) is 41.9 Å². The first-order valence-electron chi connectivity index (χ1n) is 8.83. The first kappa shape index (κ1) is 23.3. The Labute approximate surface area is 180 Å². The number of anilines is 1. The van der Waals surface area contributed by atoms with Gasteiger partial charge >= 0.3 is 0 Å². The molecule has 3 rings (SSSR count). The third-order valence-electron chi connectivity index (χ3n) is 3.66. The smallest absolute Gasteiger partial charge is 0.296 e. The van der Waals surface area contributed by atoms with E-state index in [2.05, 4.69) is 4.98 Å². The molecule has 9 heteroatoms. The van der Waals surface area contributed by atoms with Gasteiger partial charge in [-0.15, -0.1) is 0 Å². The highest BCUT2D eigenvalue weighted by molar-refractivity contribution is 7.85. The van der Waals surface area contributed by atoms with Gasteiger partial charge in [0.05, 0.1) is 12.3 Å². The molecule has 1 aromatic heterocycles. The number of aromatic nitrogens is 1. The summed E-state index contributed by atoms with van der Waals surface area (Å²) in [6.45, 7) is 3.66. The Balaban J connectivity index is 0.000000216. The van der Waals surface area contributed by atoms with Crippen LogP contribution in [0.2, 0.25) is 5.02 Å². The van der Waals surface area contributed by atoms with Gasteiger partial charge in [0.25, 0.3) is 10.1 Å². The van der Waals surface area contributed by atoms with Crippen LogP contribution in [0.5, 0.6) is 5.88 Å². The molecule has 0 amide bonds. The number of carbonyl (C=O) groups is 1. The third-order valence-corrected chi connectivity index (χ3v) is 4.73. The minimum absolute atomic E-state index is 0.0286. The third kappa shape index (κ3) is 6.84. The summed E-state index contributed by atoms with van der Waals surface area (Å²) >= 11 is 5.84. The Hall–Kier alpha value is -2.94. The van der Waals surface area contributed by atoms with E-state index in [0.29, 0.717) is 27.7 Å². The summed E-state index contributed by atoms with van der Waals surface area (Å²) in [5.41, 5.74) is 7.24. The molecule has 3 aromatic rings. The predicted octanol–water partition coefficient (Wildman–Crippen LogP) is 4.27. The molecule has 0 aliphatic carbocycles. The van der Waals surface area contributed by atoms with Gasteiger partial charge in [-0.3, -0.25) is 9.35 Å². The topological polar surface area (TPSA) is 120 Å². The van der Waals surface area contributed by atoms with Gasteiger partial charge in [0, 0.05) is 27.9 Å². The zero-order valence-electron chi connectivity index (χ0n) is 16.3. The van der Waals surface area contributed by atoms with Gasteiger partial charge in [-0.25, -0.2) is 4.98 Å². The van der Waals surface area contributed by atoms with Crippen molar-refractivity contribution in [1.29, 1.82) is 0 Å². The first-order valence-corrected chi connectivity index (χ1v) is 10.6. The van der Waals surface area contributed by atoms with Crippen molar-refractivity contribution in [3.05, 3.63) is 83.0 Å². The molecule has 1 heterocycles. The number of nitrogens with two attached hydrogens (primary N) is 1. The molecule has 0 aliphatic rings. The second kappa shape index (κ2) is 10.2. The molecule has 30 heavy (non-hydrogen) atoms. The molecule has 0 radical (unpaired) electrons. The minimum Gasteiger partial charge on any atom is -0.475 e. The number of pyridine rings is 1. The molecule has 3 N–H and O–H groups in total. The summed E-state index contributed by atoms with van der Waals surface area (Å²) in [7, 11) is -4.17. The molecule has 0 atom stereocenters. The fourth-order valence-electron chi connectivity index (χ4n) is 2.30. The molecule has 0 saturated carbocycles. The van der Waals surface area contributed by atoms with Crippen molar-refractivity contribution in [2.24, 2.45) is 0 Å². The summed E-state index contributed by atoms with van der Waals surface area (Å²) in [6, 6.07) is 16.5. The van der Waals surface area contributed by atoms with Crippen LogP contribution in [0.15, 0.2) is 71.8 Å². The highest BCUT2D eigenvalue weighted by atomic mass is 35.5. The number of benzene rings is 2. The number of ether oxygens (including phenoxy) is 1.